The summed E-state index contributed by atoms with van der Waals surface area (Å²) in [6, 6.07) is 10.1. The lowest BCUT2D eigenvalue weighted by molar-refractivity contribution is -0.0728. The predicted octanol–water partition coefficient (Wildman–Crippen LogP) is 3.57. The maximum Gasteiger partial charge on any atom is 0.255 e. The fourth-order valence-electron chi connectivity index (χ4n) is 4.47. The van der Waals surface area contributed by atoms with Gasteiger partial charge < -0.3 is 20.3 Å². The van der Waals surface area contributed by atoms with Gasteiger partial charge >= 0.3 is 0 Å². The molecule has 2 saturated heterocycles. The maximum absolute atomic E-state index is 14.3. The molecule has 5 rings (SSSR count). The highest BCUT2D eigenvalue weighted by molar-refractivity contribution is 5.88. The molecule has 7 nitrogen and oxygen atoms in total. The smallest absolute Gasteiger partial charge is 0.255 e. The highest BCUT2D eigenvalue weighted by atomic mass is 19.3. The zero-order valence-corrected chi connectivity index (χ0v) is 18.6. The molecule has 3 aromatic rings. The third-order valence-corrected chi connectivity index (χ3v) is 6.36. The Bertz CT molecular complexity index is 1110. The molecule has 2 aliphatic rings. The Hall–Kier alpha value is -2.91. The first-order chi connectivity index (χ1) is 16.0. The van der Waals surface area contributed by atoms with Crippen molar-refractivity contribution >= 4 is 22.5 Å². The number of nitrogens with one attached hydrogen (secondary N) is 2. The van der Waals surface area contributed by atoms with E-state index in [-0.39, 0.29) is 25.6 Å². The minimum absolute atomic E-state index is 0.107. The van der Waals surface area contributed by atoms with E-state index in [2.05, 4.69) is 44.6 Å². The summed E-state index contributed by atoms with van der Waals surface area (Å²) in [6.45, 7) is 5.24. The molecule has 2 fully saturated rings. The molecular formula is C24H28F2N6O. The predicted molar refractivity (Wildman–Crippen MR) is 125 cm³/mol. The van der Waals surface area contributed by atoms with E-state index in [1.165, 1.54) is 0 Å². The summed E-state index contributed by atoms with van der Waals surface area (Å²) in [5.74, 6) is -3.04. The molecule has 33 heavy (non-hydrogen) atoms. The van der Waals surface area contributed by atoms with E-state index < -0.39 is 11.8 Å². The lowest BCUT2D eigenvalue weighted by Crippen LogP contribution is -2.47. The second kappa shape index (κ2) is 9.15. The van der Waals surface area contributed by atoms with Crippen LogP contribution in [0, 0.1) is 5.92 Å². The number of fused-ring (bicyclic) bond motifs is 1. The number of pyridine rings is 1. The van der Waals surface area contributed by atoms with Gasteiger partial charge in [-0.25, -0.2) is 18.7 Å². The molecule has 0 amide bonds. The van der Waals surface area contributed by atoms with Crippen molar-refractivity contribution in [3.8, 4) is 11.3 Å². The van der Waals surface area contributed by atoms with E-state index in [4.69, 9.17) is 9.72 Å². The van der Waals surface area contributed by atoms with E-state index in [9.17, 15) is 8.78 Å². The molecule has 2 atom stereocenters. The number of morpholine rings is 1. The van der Waals surface area contributed by atoms with E-state index in [1.54, 1.807) is 12.4 Å². The molecule has 0 spiro atoms. The fraction of sp³-hybridized carbons (Fsp3) is 0.458. The monoisotopic (exact) mass is 454 g/mol. The number of ether oxygens (including phenoxy) is 1. The van der Waals surface area contributed by atoms with Crippen LogP contribution in [0.3, 0.4) is 0 Å². The molecule has 0 bridgehead atoms. The zero-order chi connectivity index (χ0) is 22.8. The average molecular weight is 455 g/mol. The third kappa shape index (κ3) is 4.74. The fourth-order valence-corrected chi connectivity index (χ4v) is 4.47. The molecule has 2 N–H and O–H groups in total. The number of hydrogen-bond donors (Lipinski definition) is 2. The van der Waals surface area contributed by atoms with Crippen molar-refractivity contribution < 1.29 is 13.5 Å². The number of nitrogens with zero attached hydrogens (tertiary/aromatic N) is 4. The molecule has 0 unspecified atom stereocenters. The lowest BCUT2D eigenvalue weighted by atomic mass is 9.95. The van der Waals surface area contributed by atoms with Gasteiger partial charge in [0.15, 0.2) is 5.82 Å². The van der Waals surface area contributed by atoms with Crippen molar-refractivity contribution in [3.05, 3.63) is 42.7 Å². The van der Waals surface area contributed by atoms with Gasteiger partial charge in [-0.3, -0.25) is 4.98 Å². The molecule has 2 aliphatic heterocycles. The van der Waals surface area contributed by atoms with Crippen molar-refractivity contribution in [3.63, 3.8) is 0 Å². The molecule has 174 valence electrons. The molecular weight excluding hydrogens is 426 g/mol. The minimum Gasteiger partial charge on any atom is -0.375 e. The Morgan fingerprint density at radius 1 is 1.21 bits per heavy atom. The number of aromatic nitrogens is 3. The van der Waals surface area contributed by atoms with Crippen LogP contribution in [0.2, 0.25) is 0 Å². The summed E-state index contributed by atoms with van der Waals surface area (Å²) in [4.78, 5) is 15.9. The van der Waals surface area contributed by atoms with Crippen molar-refractivity contribution in [2.45, 2.75) is 25.4 Å². The Labute approximate surface area is 191 Å². The number of halogens is 2. The summed E-state index contributed by atoms with van der Waals surface area (Å²) in [6.07, 6.45) is 3.27. The van der Waals surface area contributed by atoms with E-state index in [0.29, 0.717) is 23.4 Å². The molecule has 4 heterocycles. The van der Waals surface area contributed by atoms with E-state index in [1.807, 2.05) is 18.2 Å². The Balaban J connectivity index is 1.41. The van der Waals surface area contributed by atoms with Crippen LogP contribution in [0.5, 0.6) is 0 Å². The van der Waals surface area contributed by atoms with Crippen LogP contribution in [-0.4, -0.2) is 66.3 Å². The van der Waals surface area contributed by atoms with Crippen LogP contribution in [0.25, 0.3) is 22.3 Å². The number of rotatable bonds is 5. The van der Waals surface area contributed by atoms with Gasteiger partial charge in [-0.05, 0) is 25.1 Å². The number of hydrogen-bond acceptors (Lipinski definition) is 7. The summed E-state index contributed by atoms with van der Waals surface area (Å²) in [7, 11) is 0. The van der Waals surface area contributed by atoms with Crippen LogP contribution in [0.1, 0.15) is 13.3 Å². The maximum atomic E-state index is 14.3. The summed E-state index contributed by atoms with van der Waals surface area (Å²) in [5, 5.41) is 6.19. The van der Waals surface area contributed by atoms with Gasteiger partial charge in [0.05, 0.1) is 29.8 Å². The highest BCUT2D eigenvalue weighted by Crippen LogP contribution is 2.32. The zero-order valence-electron chi connectivity index (χ0n) is 18.6. The Kier molecular flexibility index (Phi) is 6.07. The van der Waals surface area contributed by atoms with Crippen LogP contribution in [-0.2, 0) is 4.74 Å². The number of benzene rings is 1. The Morgan fingerprint density at radius 2 is 2.03 bits per heavy atom. The first kappa shape index (κ1) is 21.9. The Morgan fingerprint density at radius 3 is 2.82 bits per heavy atom. The largest absolute Gasteiger partial charge is 0.375 e. The van der Waals surface area contributed by atoms with Gasteiger partial charge in [0.2, 0.25) is 0 Å². The molecule has 0 saturated carbocycles. The van der Waals surface area contributed by atoms with E-state index in [0.717, 1.165) is 36.6 Å². The third-order valence-electron chi connectivity index (χ3n) is 6.36. The normalized spacial score (nSPS) is 22.9. The molecule has 0 aliphatic carbocycles. The highest BCUT2D eigenvalue weighted by Gasteiger charge is 2.41. The summed E-state index contributed by atoms with van der Waals surface area (Å²) >= 11 is 0. The van der Waals surface area contributed by atoms with Gasteiger partial charge in [0, 0.05) is 62.8 Å². The standard InChI is InChI=1S/C24H28F2N6O/c1-16-15-32(10-11-33-16)19-4-2-17(3-5-19)20-12-21-22(29-9-8-28-21)23(31-20)30-14-18-13-27-7-6-24(18,25)26/h2-5,8-9,12,16,18,27H,6-7,10-11,13-15H2,1H3,(H,30,31)/t16-,18-/m0/s1. The van der Waals surface area contributed by atoms with Crippen molar-refractivity contribution in [2.75, 3.05) is 49.5 Å². The SMILES string of the molecule is C[C@H]1CN(c2ccc(-c3cc4nccnc4c(NC[C@@H]4CNCCC4(F)F)n3)cc2)CCO1. The number of anilines is 2. The van der Waals surface area contributed by atoms with Gasteiger partial charge in [-0.1, -0.05) is 12.1 Å². The molecule has 0 radical (unpaired) electrons. The summed E-state index contributed by atoms with van der Waals surface area (Å²) < 4.78 is 34.2. The number of piperidine rings is 1. The second-order valence-corrected chi connectivity index (χ2v) is 8.75. The van der Waals surface area contributed by atoms with Crippen molar-refractivity contribution in [1.29, 1.82) is 0 Å². The molecule has 2 aromatic heterocycles. The quantitative estimate of drug-likeness (QED) is 0.610. The van der Waals surface area contributed by atoms with Gasteiger partial charge in [0.25, 0.3) is 5.92 Å². The topological polar surface area (TPSA) is 75.2 Å². The molecule has 1 aromatic carbocycles. The van der Waals surface area contributed by atoms with Gasteiger partial charge in [0.1, 0.15) is 5.52 Å². The summed E-state index contributed by atoms with van der Waals surface area (Å²) in [5.41, 5.74) is 4.04. The van der Waals surface area contributed by atoms with Crippen LogP contribution < -0.4 is 15.5 Å². The van der Waals surface area contributed by atoms with Crippen LogP contribution in [0.4, 0.5) is 20.3 Å². The van der Waals surface area contributed by atoms with E-state index >= 15 is 0 Å². The minimum atomic E-state index is -2.70. The van der Waals surface area contributed by atoms with Crippen molar-refractivity contribution in [1.82, 2.24) is 20.3 Å². The van der Waals surface area contributed by atoms with Crippen LogP contribution >= 0.6 is 0 Å². The van der Waals surface area contributed by atoms with Crippen LogP contribution in [0.15, 0.2) is 42.7 Å². The van der Waals surface area contributed by atoms with Crippen molar-refractivity contribution in [2.24, 2.45) is 5.92 Å². The first-order valence-electron chi connectivity index (χ1n) is 11.4. The van der Waals surface area contributed by atoms with Gasteiger partial charge in [-0.15, -0.1) is 0 Å². The second-order valence-electron chi connectivity index (χ2n) is 8.75. The number of alkyl halides is 2. The lowest BCUT2D eigenvalue weighted by Gasteiger charge is -2.33. The van der Waals surface area contributed by atoms with Gasteiger partial charge in [-0.2, -0.15) is 0 Å². The average Bonchev–Trinajstić information content (AvgIpc) is 2.83. The molecule has 9 heteroatoms. The first-order valence-corrected chi connectivity index (χ1v) is 11.4.